The minimum absolute atomic E-state index is 0.0948. The van der Waals surface area contributed by atoms with Crippen LogP contribution < -0.4 is 25.6 Å². The maximum Gasteiger partial charge on any atom is 0.269 e. The van der Waals surface area contributed by atoms with Gasteiger partial charge in [0, 0.05) is 11.6 Å². The summed E-state index contributed by atoms with van der Waals surface area (Å²) in [6, 6.07) is 10.3. The van der Waals surface area contributed by atoms with Crippen LogP contribution in [0.2, 0.25) is 0 Å². The van der Waals surface area contributed by atoms with Gasteiger partial charge in [0.1, 0.15) is 5.82 Å². The van der Waals surface area contributed by atoms with Crippen molar-refractivity contribution in [1.29, 1.82) is 0 Å². The molecule has 0 atom stereocenters. The van der Waals surface area contributed by atoms with E-state index >= 15 is 0 Å². The molecular weight excluding hydrogens is 385 g/mol. The lowest BCUT2D eigenvalue weighted by Gasteiger charge is -2.11. The third-order valence-corrected chi connectivity index (χ3v) is 3.67. The second kappa shape index (κ2) is 10.0. The molecule has 2 aromatic carbocycles. The highest BCUT2D eigenvalue weighted by Gasteiger charge is 2.11. The van der Waals surface area contributed by atoms with Crippen LogP contribution in [0.15, 0.2) is 48.5 Å². The van der Waals surface area contributed by atoms with E-state index in [0.29, 0.717) is 22.6 Å². The fourth-order valence-electron chi connectivity index (χ4n) is 2.09. The monoisotopic (exact) mass is 403 g/mol. The average molecular weight is 403 g/mol. The third-order valence-electron chi connectivity index (χ3n) is 3.47. The van der Waals surface area contributed by atoms with Crippen molar-refractivity contribution in [2.24, 2.45) is 0 Å². The van der Waals surface area contributed by atoms with E-state index < -0.39 is 11.8 Å². The maximum absolute atomic E-state index is 12.8. The van der Waals surface area contributed by atoms with E-state index in [-0.39, 0.29) is 10.9 Å². The molecule has 0 saturated carbocycles. The van der Waals surface area contributed by atoms with Gasteiger partial charge in [-0.15, -0.1) is 0 Å². The van der Waals surface area contributed by atoms with Crippen molar-refractivity contribution < 1.29 is 23.5 Å². The molecule has 28 heavy (non-hydrogen) atoms. The summed E-state index contributed by atoms with van der Waals surface area (Å²) in [5, 5.41) is 2.28. The Balaban J connectivity index is 1.85. The highest BCUT2D eigenvalue weighted by Crippen LogP contribution is 2.27. The number of nitrogens with one attached hydrogen (secondary N) is 3. The molecule has 0 aliphatic heterocycles. The van der Waals surface area contributed by atoms with Crippen molar-refractivity contribution in [2.45, 2.75) is 0 Å². The number of rotatable bonds is 5. The van der Waals surface area contributed by atoms with Crippen LogP contribution in [0.5, 0.6) is 11.5 Å². The van der Waals surface area contributed by atoms with Gasteiger partial charge in [-0.3, -0.25) is 25.8 Å². The Morgan fingerprint density at radius 3 is 2.32 bits per heavy atom. The number of hydrogen-bond acceptors (Lipinski definition) is 5. The minimum atomic E-state index is -0.512. The number of ether oxygens (including phenoxy) is 2. The molecule has 7 nitrogen and oxygen atoms in total. The predicted octanol–water partition coefficient (Wildman–Crippen LogP) is 2.19. The fourth-order valence-corrected chi connectivity index (χ4v) is 2.25. The first-order chi connectivity index (χ1) is 13.4. The van der Waals surface area contributed by atoms with Crippen LogP contribution in [0, 0.1) is 5.82 Å². The Morgan fingerprint density at radius 1 is 1.00 bits per heavy atom. The smallest absolute Gasteiger partial charge is 0.269 e. The van der Waals surface area contributed by atoms with Gasteiger partial charge in [-0.25, -0.2) is 4.39 Å². The first-order valence-corrected chi connectivity index (χ1v) is 8.40. The van der Waals surface area contributed by atoms with Crippen LogP contribution in [-0.4, -0.2) is 31.1 Å². The fraction of sp³-hybridized carbons (Fsp3) is 0.105. The molecule has 146 valence electrons. The SMILES string of the molecule is COc1ccc(C(=O)NNC(=S)NC(=O)C=Cc2ccc(F)cc2)cc1OC. The molecule has 2 rings (SSSR count). The van der Waals surface area contributed by atoms with Crippen LogP contribution in [0.4, 0.5) is 4.39 Å². The van der Waals surface area contributed by atoms with Gasteiger partial charge in [0.25, 0.3) is 5.91 Å². The zero-order valence-electron chi connectivity index (χ0n) is 15.1. The summed E-state index contributed by atoms with van der Waals surface area (Å²) in [5.41, 5.74) is 5.75. The van der Waals surface area contributed by atoms with Gasteiger partial charge in [0.05, 0.1) is 14.2 Å². The van der Waals surface area contributed by atoms with E-state index in [0.717, 1.165) is 0 Å². The highest BCUT2D eigenvalue weighted by molar-refractivity contribution is 7.80. The Morgan fingerprint density at radius 2 is 1.68 bits per heavy atom. The molecular formula is C19H18FN3O4S. The van der Waals surface area contributed by atoms with Crippen molar-refractivity contribution >= 4 is 35.2 Å². The number of benzene rings is 2. The second-order valence-electron chi connectivity index (χ2n) is 5.35. The van der Waals surface area contributed by atoms with E-state index in [1.807, 2.05) is 0 Å². The summed E-state index contributed by atoms with van der Waals surface area (Å²) in [6.07, 6.45) is 2.73. The van der Waals surface area contributed by atoms with Gasteiger partial charge in [0.2, 0.25) is 5.91 Å². The Kier molecular flexibility index (Phi) is 7.46. The molecule has 0 aromatic heterocycles. The lowest BCUT2D eigenvalue weighted by Crippen LogP contribution is -2.48. The van der Waals surface area contributed by atoms with E-state index in [9.17, 15) is 14.0 Å². The van der Waals surface area contributed by atoms with E-state index in [1.165, 1.54) is 56.7 Å². The van der Waals surface area contributed by atoms with E-state index in [2.05, 4.69) is 16.2 Å². The summed E-state index contributed by atoms with van der Waals surface area (Å²) in [6.45, 7) is 0. The summed E-state index contributed by atoms with van der Waals surface area (Å²) in [7, 11) is 2.95. The van der Waals surface area contributed by atoms with Crippen molar-refractivity contribution in [3.05, 3.63) is 65.5 Å². The number of carbonyl (C=O) groups is 2. The number of carbonyl (C=O) groups excluding carboxylic acids is 2. The molecule has 0 fully saturated rings. The Hall–Kier alpha value is -3.46. The van der Waals surface area contributed by atoms with Crippen LogP contribution in [0.25, 0.3) is 6.08 Å². The molecule has 2 amide bonds. The lowest BCUT2D eigenvalue weighted by molar-refractivity contribution is -0.115. The largest absolute Gasteiger partial charge is 0.493 e. The molecule has 0 saturated heterocycles. The molecule has 0 bridgehead atoms. The van der Waals surface area contributed by atoms with E-state index in [4.69, 9.17) is 21.7 Å². The average Bonchev–Trinajstić information content (AvgIpc) is 2.71. The van der Waals surface area contributed by atoms with Crippen molar-refractivity contribution in [3.63, 3.8) is 0 Å². The Labute approximate surface area is 166 Å². The number of halogens is 1. The first-order valence-electron chi connectivity index (χ1n) is 8.00. The number of amides is 2. The molecule has 0 spiro atoms. The van der Waals surface area contributed by atoms with E-state index in [1.54, 1.807) is 12.1 Å². The maximum atomic E-state index is 12.8. The zero-order valence-corrected chi connectivity index (χ0v) is 15.9. The summed E-state index contributed by atoms with van der Waals surface area (Å²) < 4.78 is 23.1. The van der Waals surface area contributed by atoms with Gasteiger partial charge in [-0.1, -0.05) is 12.1 Å². The predicted molar refractivity (Wildman–Crippen MR) is 106 cm³/mol. The summed E-state index contributed by atoms with van der Waals surface area (Å²) >= 11 is 4.95. The van der Waals surface area contributed by atoms with Gasteiger partial charge in [-0.05, 0) is 54.2 Å². The van der Waals surface area contributed by atoms with Gasteiger partial charge >= 0.3 is 0 Å². The van der Waals surface area contributed by atoms with Gasteiger partial charge in [-0.2, -0.15) is 0 Å². The lowest BCUT2D eigenvalue weighted by atomic mass is 10.2. The molecule has 0 aliphatic carbocycles. The minimum Gasteiger partial charge on any atom is -0.493 e. The topological polar surface area (TPSA) is 88.7 Å². The second-order valence-corrected chi connectivity index (χ2v) is 5.76. The number of methoxy groups -OCH3 is 2. The molecule has 3 N–H and O–H groups in total. The van der Waals surface area contributed by atoms with Crippen LogP contribution >= 0.6 is 12.2 Å². The standard InChI is InChI=1S/C19H18FN3O4S/c1-26-15-9-6-13(11-16(15)27-2)18(25)22-23-19(28)21-17(24)10-5-12-3-7-14(20)8-4-12/h3-11H,1-2H3,(H,22,25)(H2,21,23,24,28). The van der Waals surface area contributed by atoms with Crippen molar-refractivity contribution in [2.75, 3.05) is 14.2 Å². The van der Waals surface area contributed by atoms with Crippen molar-refractivity contribution in [3.8, 4) is 11.5 Å². The van der Waals surface area contributed by atoms with Gasteiger partial charge < -0.3 is 9.47 Å². The third kappa shape index (κ3) is 6.06. The summed E-state index contributed by atoms with van der Waals surface area (Å²) in [5.74, 6) is -0.474. The first kappa shape index (κ1) is 20.8. The van der Waals surface area contributed by atoms with Crippen LogP contribution in [0.3, 0.4) is 0 Å². The highest BCUT2D eigenvalue weighted by atomic mass is 32.1. The molecule has 2 aromatic rings. The summed E-state index contributed by atoms with van der Waals surface area (Å²) in [4.78, 5) is 24.0. The van der Waals surface area contributed by atoms with Gasteiger partial charge in [0.15, 0.2) is 16.6 Å². The number of thiocarbonyl (C=S) groups is 1. The zero-order chi connectivity index (χ0) is 20.5. The quantitative estimate of drug-likeness (QED) is 0.403. The Bertz CT molecular complexity index is 901. The molecule has 9 heteroatoms. The molecule has 0 radical (unpaired) electrons. The molecule has 0 unspecified atom stereocenters. The number of hydrazine groups is 1. The molecule has 0 aliphatic rings. The normalized spacial score (nSPS) is 10.2. The van der Waals surface area contributed by atoms with Crippen molar-refractivity contribution in [1.82, 2.24) is 16.2 Å². The van der Waals surface area contributed by atoms with Crippen LogP contribution in [-0.2, 0) is 4.79 Å². The number of hydrogen-bond donors (Lipinski definition) is 3. The van der Waals surface area contributed by atoms with Crippen LogP contribution in [0.1, 0.15) is 15.9 Å². The molecule has 0 heterocycles.